The summed E-state index contributed by atoms with van der Waals surface area (Å²) in [6.07, 6.45) is 4.78. The summed E-state index contributed by atoms with van der Waals surface area (Å²) in [5, 5.41) is 0. The molecule has 0 bridgehead atoms. The molecule has 2 heteroatoms. The van der Waals surface area contributed by atoms with Crippen molar-refractivity contribution >= 4 is 0 Å². The van der Waals surface area contributed by atoms with Gasteiger partial charge in [0, 0.05) is 12.0 Å². The Balaban J connectivity index is 4.45. The van der Waals surface area contributed by atoms with E-state index in [9.17, 15) is 4.39 Å². The quantitative estimate of drug-likeness (QED) is 0.640. The first-order valence-electron chi connectivity index (χ1n) is 6.01. The number of rotatable bonds is 8. The summed E-state index contributed by atoms with van der Waals surface area (Å²) < 4.78 is 14.0. The molecule has 0 amide bonds. The summed E-state index contributed by atoms with van der Waals surface area (Å²) in [4.78, 5) is 0. The van der Waals surface area contributed by atoms with Crippen LogP contribution in [0.4, 0.5) is 4.39 Å². The Morgan fingerprint density at radius 3 is 1.86 bits per heavy atom. The Morgan fingerprint density at radius 1 is 1.07 bits per heavy atom. The van der Waals surface area contributed by atoms with E-state index >= 15 is 0 Å². The minimum atomic E-state index is -0.711. The van der Waals surface area contributed by atoms with Gasteiger partial charge in [0.1, 0.15) is 6.17 Å². The molecule has 1 atom stereocenters. The minimum Gasteiger partial charge on any atom is -0.330 e. The van der Waals surface area contributed by atoms with Gasteiger partial charge in [-0.15, -0.1) is 0 Å². The number of nitrogens with two attached hydrogens (primary N) is 1. The predicted molar refractivity (Wildman–Crippen MR) is 61.1 cm³/mol. The molecule has 14 heavy (non-hydrogen) atoms. The molecule has 0 spiro atoms. The molecule has 0 saturated heterocycles. The fraction of sp³-hybridized carbons (Fsp3) is 1.00. The summed E-state index contributed by atoms with van der Waals surface area (Å²) in [6.45, 7) is 6.75. The van der Waals surface area contributed by atoms with Crippen molar-refractivity contribution in [3.63, 3.8) is 0 Å². The lowest BCUT2D eigenvalue weighted by Gasteiger charge is -2.35. The van der Waals surface area contributed by atoms with Crippen LogP contribution in [-0.2, 0) is 0 Å². The van der Waals surface area contributed by atoms with Crippen molar-refractivity contribution in [3.8, 4) is 0 Å². The molecular formula is C12H26FN. The Bertz CT molecular complexity index is 130. The molecule has 0 radical (unpaired) electrons. The molecule has 86 valence electrons. The van der Waals surface area contributed by atoms with E-state index in [0.29, 0.717) is 13.0 Å². The van der Waals surface area contributed by atoms with Gasteiger partial charge in [0.25, 0.3) is 0 Å². The molecule has 1 nitrogen and oxygen atoms in total. The fourth-order valence-corrected chi connectivity index (χ4v) is 2.33. The van der Waals surface area contributed by atoms with Crippen LogP contribution in [0, 0.1) is 5.41 Å². The van der Waals surface area contributed by atoms with E-state index in [1.165, 1.54) is 0 Å². The number of alkyl halides is 1. The smallest absolute Gasteiger partial charge is 0.107 e. The van der Waals surface area contributed by atoms with Gasteiger partial charge in [0.15, 0.2) is 0 Å². The van der Waals surface area contributed by atoms with E-state index in [0.717, 1.165) is 32.1 Å². The second kappa shape index (κ2) is 7.22. The molecule has 0 heterocycles. The van der Waals surface area contributed by atoms with Crippen molar-refractivity contribution in [1.82, 2.24) is 0 Å². The number of halogens is 1. The van der Waals surface area contributed by atoms with E-state index in [2.05, 4.69) is 13.8 Å². The molecule has 2 N–H and O–H groups in total. The highest BCUT2D eigenvalue weighted by atomic mass is 19.1. The van der Waals surface area contributed by atoms with Crippen LogP contribution in [0.2, 0.25) is 0 Å². The molecule has 0 rings (SSSR count). The van der Waals surface area contributed by atoms with Crippen LogP contribution in [0.25, 0.3) is 0 Å². The minimum absolute atomic E-state index is 0.237. The van der Waals surface area contributed by atoms with Gasteiger partial charge < -0.3 is 5.73 Å². The first-order valence-corrected chi connectivity index (χ1v) is 6.01. The average molecular weight is 203 g/mol. The van der Waals surface area contributed by atoms with Crippen LogP contribution >= 0.6 is 0 Å². The van der Waals surface area contributed by atoms with Gasteiger partial charge in [0.05, 0.1) is 0 Å². The molecule has 0 aliphatic carbocycles. The van der Waals surface area contributed by atoms with Gasteiger partial charge in [-0.1, -0.05) is 40.0 Å². The highest BCUT2D eigenvalue weighted by Crippen LogP contribution is 2.36. The van der Waals surface area contributed by atoms with Gasteiger partial charge in [-0.2, -0.15) is 0 Å². The normalized spacial score (nSPS) is 14.4. The maximum absolute atomic E-state index is 14.0. The zero-order valence-electron chi connectivity index (χ0n) is 9.98. The largest absolute Gasteiger partial charge is 0.330 e. The third-order valence-electron chi connectivity index (χ3n) is 3.11. The Kier molecular flexibility index (Phi) is 7.16. The van der Waals surface area contributed by atoms with Crippen LogP contribution in [0.5, 0.6) is 0 Å². The summed E-state index contributed by atoms with van der Waals surface area (Å²) >= 11 is 0. The van der Waals surface area contributed by atoms with Crippen LogP contribution in [0.3, 0.4) is 0 Å². The Labute approximate surface area is 88.3 Å². The van der Waals surface area contributed by atoms with E-state index in [4.69, 9.17) is 5.73 Å². The molecule has 1 unspecified atom stereocenters. The number of hydrogen-bond donors (Lipinski definition) is 1. The lowest BCUT2D eigenvalue weighted by Crippen LogP contribution is -2.39. The monoisotopic (exact) mass is 203 g/mol. The maximum atomic E-state index is 14.0. The van der Waals surface area contributed by atoms with Crippen molar-refractivity contribution in [3.05, 3.63) is 0 Å². The predicted octanol–water partition coefficient (Wildman–Crippen LogP) is 3.67. The third-order valence-corrected chi connectivity index (χ3v) is 3.11. The lowest BCUT2D eigenvalue weighted by atomic mass is 9.74. The van der Waals surface area contributed by atoms with Gasteiger partial charge in [-0.05, 0) is 19.3 Å². The van der Waals surface area contributed by atoms with Gasteiger partial charge in [-0.3, -0.25) is 0 Å². The van der Waals surface area contributed by atoms with Crippen LogP contribution in [-0.4, -0.2) is 12.7 Å². The van der Waals surface area contributed by atoms with E-state index < -0.39 is 6.17 Å². The molecule has 0 fully saturated rings. The highest BCUT2D eigenvalue weighted by Gasteiger charge is 2.35. The molecule has 0 aromatic carbocycles. The summed E-state index contributed by atoms with van der Waals surface area (Å²) in [6, 6.07) is 0. The average Bonchev–Trinajstić information content (AvgIpc) is 2.17. The second-order valence-electron chi connectivity index (χ2n) is 4.32. The molecular weight excluding hydrogens is 177 g/mol. The Morgan fingerprint density at radius 2 is 1.57 bits per heavy atom. The van der Waals surface area contributed by atoms with Crippen LogP contribution in [0.15, 0.2) is 0 Å². The topological polar surface area (TPSA) is 26.0 Å². The first-order chi connectivity index (χ1) is 6.66. The molecule has 0 saturated carbocycles. The van der Waals surface area contributed by atoms with E-state index in [1.54, 1.807) is 0 Å². The lowest BCUT2D eigenvalue weighted by molar-refractivity contribution is 0.0812. The van der Waals surface area contributed by atoms with Crippen molar-refractivity contribution in [2.45, 2.75) is 65.5 Å². The van der Waals surface area contributed by atoms with Crippen LogP contribution in [0.1, 0.15) is 59.3 Å². The van der Waals surface area contributed by atoms with Crippen molar-refractivity contribution in [1.29, 1.82) is 0 Å². The van der Waals surface area contributed by atoms with E-state index in [-0.39, 0.29) is 5.41 Å². The summed E-state index contributed by atoms with van der Waals surface area (Å²) in [5.74, 6) is 0. The molecule has 0 aromatic heterocycles. The fourth-order valence-electron chi connectivity index (χ4n) is 2.33. The maximum Gasteiger partial charge on any atom is 0.107 e. The van der Waals surface area contributed by atoms with Gasteiger partial charge in [-0.25, -0.2) is 4.39 Å². The molecule has 0 aliphatic rings. The summed E-state index contributed by atoms with van der Waals surface area (Å²) in [7, 11) is 0. The first kappa shape index (κ1) is 13.9. The third kappa shape index (κ3) is 3.56. The van der Waals surface area contributed by atoms with Crippen molar-refractivity contribution < 1.29 is 4.39 Å². The zero-order chi connectivity index (χ0) is 11.0. The molecule has 0 aliphatic heterocycles. The van der Waals surface area contributed by atoms with Gasteiger partial charge >= 0.3 is 0 Å². The van der Waals surface area contributed by atoms with Gasteiger partial charge in [0.2, 0.25) is 0 Å². The van der Waals surface area contributed by atoms with Crippen molar-refractivity contribution in [2.24, 2.45) is 11.1 Å². The standard InChI is InChI=1S/C12H26FN/c1-4-7-11(13)12(10-14,8-5-2)9-6-3/h11H,4-10,14H2,1-3H3. The highest BCUT2D eigenvalue weighted by molar-refractivity contribution is 4.87. The van der Waals surface area contributed by atoms with Crippen LogP contribution < -0.4 is 5.73 Å². The number of hydrogen-bond acceptors (Lipinski definition) is 1. The second-order valence-corrected chi connectivity index (χ2v) is 4.32. The Hall–Kier alpha value is -0.110. The van der Waals surface area contributed by atoms with E-state index in [1.807, 2.05) is 6.92 Å². The zero-order valence-corrected chi connectivity index (χ0v) is 9.98. The SMILES string of the molecule is CCCC(F)C(CN)(CCC)CCC. The van der Waals surface area contributed by atoms with Crippen molar-refractivity contribution in [2.75, 3.05) is 6.54 Å². The summed E-state index contributed by atoms with van der Waals surface area (Å²) in [5.41, 5.74) is 5.53. The molecule has 0 aromatic rings.